The fourth-order valence-corrected chi connectivity index (χ4v) is 2.70. The SMILES string of the molecule is C[C@H](OC(=O)C1CCN(C(=O)C(C)(C)C)CC1)C(=O)NC(=O)NC(C)(C)C. The van der Waals surface area contributed by atoms with Crippen LogP contribution in [0.4, 0.5) is 4.79 Å². The summed E-state index contributed by atoms with van der Waals surface area (Å²) in [6, 6.07) is -0.635. The van der Waals surface area contributed by atoms with E-state index in [0.717, 1.165) is 0 Å². The van der Waals surface area contributed by atoms with Crippen LogP contribution in [-0.2, 0) is 19.1 Å². The van der Waals surface area contributed by atoms with Gasteiger partial charge in [0.1, 0.15) is 0 Å². The normalized spacial score (nSPS) is 17.1. The number of imide groups is 1. The Labute approximate surface area is 161 Å². The van der Waals surface area contributed by atoms with E-state index >= 15 is 0 Å². The number of urea groups is 1. The number of nitrogens with one attached hydrogen (secondary N) is 2. The van der Waals surface area contributed by atoms with E-state index in [1.165, 1.54) is 6.92 Å². The van der Waals surface area contributed by atoms with E-state index in [9.17, 15) is 19.2 Å². The number of carbonyl (C=O) groups excluding carboxylic acids is 4. The van der Waals surface area contributed by atoms with Gasteiger partial charge in [-0.25, -0.2) is 4.79 Å². The zero-order valence-corrected chi connectivity index (χ0v) is 17.5. The van der Waals surface area contributed by atoms with Gasteiger partial charge in [-0.3, -0.25) is 19.7 Å². The molecule has 2 N–H and O–H groups in total. The number of hydrogen-bond acceptors (Lipinski definition) is 5. The highest BCUT2D eigenvalue weighted by Crippen LogP contribution is 2.24. The predicted molar refractivity (Wildman–Crippen MR) is 101 cm³/mol. The Morgan fingerprint density at radius 3 is 1.96 bits per heavy atom. The lowest BCUT2D eigenvalue weighted by atomic mass is 9.91. The molecule has 1 aliphatic rings. The quantitative estimate of drug-likeness (QED) is 0.724. The molecule has 0 bridgehead atoms. The Bertz CT molecular complexity index is 581. The summed E-state index contributed by atoms with van der Waals surface area (Å²) in [7, 11) is 0. The first-order valence-corrected chi connectivity index (χ1v) is 9.33. The van der Waals surface area contributed by atoms with Crippen LogP contribution in [0.15, 0.2) is 0 Å². The van der Waals surface area contributed by atoms with Crippen molar-refractivity contribution in [3.05, 3.63) is 0 Å². The number of ether oxygens (including phenoxy) is 1. The molecule has 154 valence electrons. The molecule has 0 radical (unpaired) electrons. The molecule has 8 nitrogen and oxygen atoms in total. The number of likely N-dealkylation sites (tertiary alicyclic amines) is 1. The van der Waals surface area contributed by atoms with Crippen LogP contribution in [0.1, 0.15) is 61.3 Å². The van der Waals surface area contributed by atoms with E-state index in [2.05, 4.69) is 10.6 Å². The van der Waals surface area contributed by atoms with Gasteiger partial charge in [-0.05, 0) is 40.5 Å². The van der Waals surface area contributed by atoms with Crippen molar-refractivity contribution in [2.45, 2.75) is 73.0 Å². The van der Waals surface area contributed by atoms with Crippen molar-refractivity contribution in [2.24, 2.45) is 11.3 Å². The van der Waals surface area contributed by atoms with Gasteiger partial charge in [0.2, 0.25) is 5.91 Å². The van der Waals surface area contributed by atoms with Gasteiger partial charge in [-0.15, -0.1) is 0 Å². The highest BCUT2D eigenvalue weighted by atomic mass is 16.5. The van der Waals surface area contributed by atoms with Crippen LogP contribution in [0, 0.1) is 11.3 Å². The van der Waals surface area contributed by atoms with E-state index in [-0.39, 0.29) is 11.8 Å². The molecule has 4 amide bonds. The molecule has 0 spiro atoms. The molecule has 27 heavy (non-hydrogen) atoms. The molecule has 0 aliphatic carbocycles. The highest BCUT2D eigenvalue weighted by Gasteiger charge is 2.34. The number of amides is 4. The third kappa shape index (κ3) is 7.56. The number of esters is 1. The summed E-state index contributed by atoms with van der Waals surface area (Å²) in [5.41, 5.74) is -0.934. The van der Waals surface area contributed by atoms with Crippen LogP contribution in [0.2, 0.25) is 0 Å². The molecule has 1 aliphatic heterocycles. The minimum atomic E-state index is -1.07. The van der Waals surface area contributed by atoms with Crippen molar-refractivity contribution < 1.29 is 23.9 Å². The van der Waals surface area contributed by atoms with Crippen molar-refractivity contribution in [1.82, 2.24) is 15.5 Å². The number of rotatable bonds is 3. The van der Waals surface area contributed by atoms with Crippen molar-refractivity contribution >= 4 is 23.8 Å². The third-order valence-electron chi connectivity index (χ3n) is 4.14. The molecule has 0 aromatic heterocycles. The maximum Gasteiger partial charge on any atom is 0.321 e. The molecule has 8 heteroatoms. The van der Waals surface area contributed by atoms with Gasteiger partial charge in [0.25, 0.3) is 5.91 Å². The van der Waals surface area contributed by atoms with Gasteiger partial charge < -0.3 is 15.0 Å². The molecule has 1 atom stereocenters. The zero-order valence-electron chi connectivity index (χ0n) is 17.5. The number of carbonyl (C=O) groups is 4. The van der Waals surface area contributed by atoms with Gasteiger partial charge in [0.05, 0.1) is 5.92 Å². The van der Waals surface area contributed by atoms with Crippen LogP contribution >= 0.6 is 0 Å². The van der Waals surface area contributed by atoms with Gasteiger partial charge in [-0.1, -0.05) is 20.8 Å². The van der Waals surface area contributed by atoms with E-state index in [4.69, 9.17) is 4.74 Å². The maximum atomic E-state index is 12.3. The van der Waals surface area contributed by atoms with Crippen LogP contribution in [0.5, 0.6) is 0 Å². The number of hydrogen-bond donors (Lipinski definition) is 2. The second-order valence-corrected chi connectivity index (χ2v) is 9.09. The molecular weight excluding hydrogens is 350 g/mol. The predicted octanol–water partition coefficient (Wildman–Crippen LogP) is 1.83. The smallest absolute Gasteiger partial charge is 0.321 e. The summed E-state index contributed by atoms with van der Waals surface area (Å²) in [5, 5.41) is 4.76. The molecule has 0 saturated carbocycles. The Hall–Kier alpha value is -2.12. The Kier molecular flexibility index (Phi) is 7.40. The molecule has 1 fully saturated rings. The van der Waals surface area contributed by atoms with Gasteiger partial charge >= 0.3 is 12.0 Å². The van der Waals surface area contributed by atoms with Crippen LogP contribution in [-0.4, -0.2) is 53.4 Å². The van der Waals surface area contributed by atoms with E-state index < -0.39 is 35.0 Å². The molecule has 0 aromatic carbocycles. The summed E-state index contributed by atoms with van der Waals surface area (Å²) in [6.07, 6.45) is -0.0728. The lowest BCUT2D eigenvalue weighted by Crippen LogP contribution is -2.51. The first kappa shape index (κ1) is 22.9. The Balaban J connectivity index is 2.47. The first-order chi connectivity index (χ1) is 12.2. The van der Waals surface area contributed by atoms with Gasteiger partial charge in [-0.2, -0.15) is 0 Å². The van der Waals surface area contributed by atoms with Crippen LogP contribution < -0.4 is 10.6 Å². The van der Waals surface area contributed by atoms with Crippen molar-refractivity contribution in [2.75, 3.05) is 13.1 Å². The fourth-order valence-electron chi connectivity index (χ4n) is 2.70. The lowest BCUT2D eigenvalue weighted by Gasteiger charge is -2.35. The summed E-state index contributed by atoms with van der Waals surface area (Å²) in [5.74, 6) is -1.44. The average molecular weight is 383 g/mol. The monoisotopic (exact) mass is 383 g/mol. The van der Waals surface area contributed by atoms with Crippen molar-refractivity contribution in [3.8, 4) is 0 Å². The van der Waals surface area contributed by atoms with Crippen LogP contribution in [0.3, 0.4) is 0 Å². The van der Waals surface area contributed by atoms with E-state index in [1.54, 1.807) is 25.7 Å². The second-order valence-electron chi connectivity index (χ2n) is 9.09. The maximum absolute atomic E-state index is 12.3. The minimum absolute atomic E-state index is 0.0620. The molecule has 0 aromatic rings. The Morgan fingerprint density at radius 2 is 1.52 bits per heavy atom. The van der Waals surface area contributed by atoms with E-state index in [1.807, 2.05) is 20.8 Å². The van der Waals surface area contributed by atoms with Crippen molar-refractivity contribution in [3.63, 3.8) is 0 Å². The zero-order chi connectivity index (χ0) is 21.0. The lowest BCUT2D eigenvalue weighted by molar-refractivity contribution is -0.161. The van der Waals surface area contributed by atoms with E-state index in [0.29, 0.717) is 25.9 Å². The average Bonchev–Trinajstić information content (AvgIpc) is 2.51. The summed E-state index contributed by atoms with van der Waals surface area (Å²) in [4.78, 5) is 50.1. The largest absolute Gasteiger partial charge is 0.452 e. The summed E-state index contributed by atoms with van der Waals surface area (Å²) >= 11 is 0. The third-order valence-corrected chi connectivity index (χ3v) is 4.14. The number of nitrogens with zero attached hydrogens (tertiary/aromatic N) is 1. The van der Waals surface area contributed by atoms with Crippen molar-refractivity contribution in [1.29, 1.82) is 0 Å². The molecule has 1 saturated heterocycles. The number of piperidine rings is 1. The fraction of sp³-hybridized carbons (Fsp3) is 0.789. The van der Waals surface area contributed by atoms with Gasteiger partial charge in [0, 0.05) is 24.0 Å². The van der Waals surface area contributed by atoms with Gasteiger partial charge in [0.15, 0.2) is 6.10 Å². The first-order valence-electron chi connectivity index (χ1n) is 9.33. The standard InChI is InChI=1S/C19H33N3O5/c1-12(14(23)20-17(26)21-19(5,6)7)27-15(24)13-8-10-22(11-9-13)16(25)18(2,3)4/h12-13H,8-11H2,1-7H3,(H2,20,21,23,26)/t12-/m0/s1. The highest BCUT2D eigenvalue weighted by molar-refractivity contribution is 5.97. The Morgan fingerprint density at radius 1 is 1.00 bits per heavy atom. The molecule has 1 heterocycles. The topological polar surface area (TPSA) is 105 Å². The second kappa shape index (κ2) is 8.71. The van der Waals surface area contributed by atoms with Crippen LogP contribution in [0.25, 0.3) is 0 Å². The summed E-state index contributed by atoms with van der Waals surface area (Å²) in [6.45, 7) is 13.4. The molecular formula is C19H33N3O5. The molecule has 1 rings (SSSR count). The molecule has 0 unspecified atom stereocenters. The summed E-state index contributed by atoms with van der Waals surface area (Å²) < 4.78 is 5.21. The minimum Gasteiger partial charge on any atom is -0.452 e.